The Kier molecular flexibility index (Phi) is 6.53. The van der Waals surface area contributed by atoms with Crippen molar-refractivity contribution in [2.45, 2.75) is 12.8 Å². The van der Waals surface area contributed by atoms with Gasteiger partial charge in [0.05, 0.1) is 14.2 Å². The van der Waals surface area contributed by atoms with Gasteiger partial charge in [-0.05, 0) is 41.8 Å². The van der Waals surface area contributed by atoms with Gasteiger partial charge >= 0.3 is 0 Å². The fourth-order valence-corrected chi connectivity index (χ4v) is 3.48. The zero-order valence-electron chi connectivity index (χ0n) is 15.6. The van der Waals surface area contributed by atoms with Crippen molar-refractivity contribution in [2.24, 2.45) is 0 Å². The van der Waals surface area contributed by atoms with Crippen molar-refractivity contribution < 1.29 is 9.47 Å². The molecule has 1 aromatic heterocycles. The van der Waals surface area contributed by atoms with Crippen molar-refractivity contribution in [3.05, 3.63) is 64.4 Å². The van der Waals surface area contributed by atoms with Crippen LogP contribution in [0.1, 0.15) is 17.0 Å². The molecule has 0 fully saturated rings. The lowest BCUT2D eigenvalue weighted by atomic mass is 10.1. The van der Waals surface area contributed by atoms with Crippen LogP contribution in [0.3, 0.4) is 0 Å². The van der Waals surface area contributed by atoms with E-state index in [9.17, 15) is 0 Å². The molecule has 0 bridgehead atoms. The van der Waals surface area contributed by atoms with Gasteiger partial charge in [-0.25, -0.2) is 4.98 Å². The van der Waals surface area contributed by atoms with E-state index >= 15 is 0 Å². The molecule has 0 spiro atoms. The third kappa shape index (κ3) is 5.11. The summed E-state index contributed by atoms with van der Waals surface area (Å²) in [6.45, 7) is 0.838. The molecule has 0 saturated carbocycles. The summed E-state index contributed by atoms with van der Waals surface area (Å²) < 4.78 is 15.1. The number of rotatable bonds is 8. The Morgan fingerprint density at radius 3 is 2.41 bits per heavy atom. The van der Waals surface area contributed by atoms with Gasteiger partial charge in [-0.1, -0.05) is 29.8 Å². The number of benzene rings is 2. The van der Waals surface area contributed by atoms with Gasteiger partial charge in [0.2, 0.25) is 5.13 Å². The van der Waals surface area contributed by atoms with Crippen LogP contribution in [0.4, 0.5) is 5.13 Å². The maximum atomic E-state index is 5.93. The third-order valence-corrected chi connectivity index (χ3v) is 5.36. The van der Waals surface area contributed by atoms with Crippen LogP contribution < -0.4 is 14.4 Å². The predicted octanol–water partition coefficient (Wildman–Crippen LogP) is 4.48. The summed E-state index contributed by atoms with van der Waals surface area (Å²) >= 11 is 7.35. The van der Waals surface area contributed by atoms with Crippen LogP contribution >= 0.6 is 23.1 Å². The molecule has 0 aliphatic carbocycles. The van der Waals surface area contributed by atoms with E-state index in [0.29, 0.717) is 6.42 Å². The van der Waals surface area contributed by atoms with Crippen molar-refractivity contribution in [3.8, 4) is 11.5 Å². The predicted molar refractivity (Wildman–Crippen MR) is 111 cm³/mol. The lowest BCUT2D eigenvalue weighted by Crippen LogP contribution is -2.20. The lowest BCUT2D eigenvalue weighted by molar-refractivity contribution is 0.354. The molecule has 3 rings (SSSR count). The lowest BCUT2D eigenvalue weighted by Gasteiger charge is -2.15. The Labute approximate surface area is 168 Å². The Morgan fingerprint density at radius 1 is 1.00 bits per heavy atom. The molecule has 0 aliphatic rings. The molecule has 2 aromatic carbocycles. The van der Waals surface area contributed by atoms with Crippen LogP contribution in [0.5, 0.6) is 11.5 Å². The van der Waals surface area contributed by atoms with E-state index in [4.69, 9.17) is 21.1 Å². The first-order valence-electron chi connectivity index (χ1n) is 8.58. The van der Waals surface area contributed by atoms with Gasteiger partial charge in [0.1, 0.15) is 5.82 Å². The van der Waals surface area contributed by atoms with E-state index in [1.165, 1.54) is 17.1 Å². The number of hydrogen-bond acceptors (Lipinski definition) is 6. The van der Waals surface area contributed by atoms with Crippen molar-refractivity contribution in [1.29, 1.82) is 0 Å². The summed E-state index contributed by atoms with van der Waals surface area (Å²) in [4.78, 5) is 6.78. The van der Waals surface area contributed by atoms with Crippen LogP contribution in [-0.2, 0) is 12.8 Å². The molecule has 0 unspecified atom stereocenters. The van der Waals surface area contributed by atoms with Crippen LogP contribution in [-0.4, -0.2) is 37.2 Å². The molecule has 5 nitrogen and oxygen atoms in total. The summed E-state index contributed by atoms with van der Waals surface area (Å²) in [6, 6.07) is 13.8. The minimum Gasteiger partial charge on any atom is -0.493 e. The first kappa shape index (κ1) is 19.5. The van der Waals surface area contributed by atoms with Gasteiger partial charge in [-0.3, -0.25) is 0 Å². The summed E-state index contributed by atoms with van der Waals surface area (Å²) in [5.41, 5.74) is 2.34. The number of likely N-dealkylation sites (N-methyl/N-ethyl adjacent to an activating group) is 1. The molecule has 1 heterocycles. The highest BCUT2D eigenvalue weighted by Gasteiger charge is 2.11. The molecule has 3 aromatic rings. The van der Waals surface area contributed by atoms with Crippen LogP contribution in [0.15, 0.2) is 42.5 Å². The standard InChI is InChI=1S/C20H22ClN3O2S/c1-24(11-10-15-6-9-17(25-2)18(12-15)26-3)20-22-19(23-27-20)13-14-4-7-16(21)8-5-14/h4-9,12H,10-11,13H2,1-3H3. The maximum absolute atomic E-state index is 5.93. The van der Waals surface area contributed by atoms with Gasteiger partial charge in [0.15, 0.2) is 11.5 Å². The second-order valence-corrected chi connectivity index (χ2v) is 7.32. The molecule has 0 amide bonds. The van der Waals surface area contributed by atoms with Crippen LogP contribution in [0, 0.1) is 0 Å². The second kappa shape index (κ2) is 9.06. The van der Waals surface area contributed by atoms with Crippen molar-refractivity contribution >= 4 is 28.3 Å². The SMILES string of the molecule is COc1ccc(CCN(C)c2nc(Cc3ccc(Cl)cc3)ns2)cc1OC. The molecule has 0 aliphatic heterocycles. The van der Waals surface area contributed by atoms with Crippen molar-refractivity contribution in [1.82, 2.24) is 9.36 Å². The zero-order chi connectivity index (χ0) is 19.2. The average molecular weight is 404 g/mol. The monoisotopic (exact) mass is 403 g/mol. The Morgan fingerprint density at radius 2 is 1.70 bits per heavy atom. The molecule has 0 saturated heterocycles. The molecular weight excluding hydrogens is 382 g/mol. The molecule has 0 atom stereocenters. The highest BCUT2D eigenvalue weighted by molar-refractivity contribution is 7.09. The van der Waals surface area contributed by atoms with E-state index in [-0.39, 0.29) is 0 Å². The average Bonchev–Trinajstić information content (AvgIpc) is 3.16. The molecule has 0 N–H and O–H groups in total. The molecule has 7 heteroatoms. The fraction of sp³-hybridized carbons (Fsp3) is 0.300. The van der Waals surface area contributed by atoms with Crippen LogP contribution in [0.25, 0.3) is 0 Å². The molecule has 0 radical (unpaired) electrons. The first-order valence-corrected chi connectivity index (χ1v) is 9.73. The highest BCUT2D eigenvalue weighted by Crippen LogP contribution is 2.28. The number of hydrogen-bond donors (Lipinski definition) is 0. The number of halogens is 1. The molecule has 27 heavy (non-hydrogen) atoms. The van der Waals surface area contributed by atoms with Gasteiger partial charge in [-0.15, -0.1) is 0 Å². The number of ether oxygens (including phenoxy) is 2. The number of anilines is 1. The van der Waals surface area contributed by atoms with Crippen molar-refractivity contribution in [2.75, 3.05) is 32.7 Å². The highest BCUT2D eigenvalue weighted by atomic mass is 35.5. The van der Waals surface area contributed by atoms with Gasteiger partial charge in [0, 0.05) is 36.6 Å². The molecular formula is C20H22ClN3O2S. The smallest absolute Gasteiger partial charge is 0.204 e. The molecule has 142 valence electrons. The summed E-state index contributed by atoms with van der Waals surface area (Å²) in [6.07, 6.45) is 1.58. The normalized spacial score (nSPS) is 10.7. The van der Waals surface area contributed by atoms with Gasteiger partial charge < -0.3 is 14.4 Å². The summed E-state index contributed by atoms with van der Waals surface area (Å²) in [5, 5.41) is 1.65. The number of aromatic nitrogens is 2. The summed E-state index contributed by atoms with van der Waals surface area (Å²) in [5.74, 6) is 2.32. The summed E-state index contributed by atoms with van der Waals surface area (Å²) in [7, 11) is 5.33. The zero-order valence-corrected chi connectivity index (χ0v) is 17.2. The minimum atomic E-state index is 0.706. The quantitative estimate of drug-likeness (QED) is 0.555. The topological polar surface area (TPSA) is 47.5 Å². The maximum Gasteiger partial charge on any atom is 0.204 e. The van der Waals surface area contributed by atoms with Gasteiger partial charge in [-0.2, -0.15) is 4.37 Å². The van der Waals surface area contributed by atoms with E-state index < -0.39 is 0 Å². The van der Waals surface area contributed by atoms with E-state index in [0.717, 1.165) is 46.0 Å². The van der Waals surface area contributed by atoms with E-state index in [1.54, 1.807) is 14.2 Å². The third-order valence-electron chi connectivity index (χ3n) is 4.24. The Hall–Kier alpha value is -2.31. The minimum absolute atomic E-state index is 0.706. The van der Waals surface area contributed by atoms with Crippen LogP contribution in [0.2, 0.25) is 5.02 Å². The van der Waals surface area contributed by atoms with E-state index in [1.807, 2.05) is 43.4 Å². The number of methoxy groups -OCH3 is 2. The van der Waals surface area contributed by atoms with E-state index in [2.05, 4.69) is 20.3 Å². The fourth-order valence-electron chi connectivity index (χ4n) is 2.69. The first-order chi connectivity index (χ1) is 13.1. The Balaban J connectivity index is 1.59. The Bertz CT molecular complexity index is 883. The largest absolute Gasteiger partial charge is 0.493 e. The van der Waals surface area contributed by atoms with Gasteiger partial charge in [0.25, 0.3) is 0 Å². The number of nitrogens with zero attached hydrogens (tertiary/aromatic N) is 3. The second-order valence-electron chi connectivity index (χ2n) is 6.16. The van der Waals surface area contributed by atoms with Crippen molar-refractivity contribution in [3.63, 3.8) is 0 Å².